The van der Waals surface area contributed by atoms with Gasteiger partial charge >= 0.3 is 0 Å². The molecule has 2 rings (SSSR count). The molecule has 0 atom stereocenters. The summed E-state index contributed by atoms with van der Waals surface area (Å²) in [5, 5.41) is 3.97. The fraction of sp³-hybridized carbons (Fsp3) is 0.200. The van der Waals surface area contributed by atoms with E-state index in [2.05, 4.69) is 32.4 Å². The number of benzene rings is 2. The van der Waals surface area contributed by atoms with E-state index in [0.29, 0.717) is 29.4 Å². The molecule has 0 saturated heterocycles. The number of carbonyl (C=O) groups excluding carboxylic acids is 1. The van der Waals surface area contributed by atoms with Gasteiger partial charge in [0.25, 0.3) is 5.91 Å². The number of terminal acetylenes is 1. The van der Waals surface area contributed by atoms with E-state index in [4.69, 9.17) is 20.6 Å². The van der Waals surface area contributed by atoms with Crippen LogP contribution in [-0.4, -0.2) is 32.4 Å². The van der Waals surface area contributed by atoms with Crippen LogP contribution in [0.25, 0.3) is 0 Å². The van der Waals surface area contributed by atoms with E-state index in [1.54, 1.807) is 36.4 Å². The van der Waals surface area contributed by atoms with Gasteiger partial charge < -0.3 is 14.2 Å². The Hall–Kier alpha value is -2.98. The second-order valence-electron chi connectivity index (χ2n) is 5.18. The van der Waals surface area contributed by atoms with Crippen molar-refractivity contribution in [2.45, 2.75) is 6.92 Å². The second kappa shape index (κ2) is 10.2. The van der Waals surface area contributed by atoms with Crippen LogP contribution >= 0.6 is 15.9 Å². The summed E-state index contributed by atoms with van der Waals surface area (Å²) in [4.78, 5) is 12.2. The molecule has 0 aromatic heterocycles. The Bertz CT molecular complexity index is 875. The number of rotatable bonds is 8. The Balaban J connectivity index is 2.02. The molecule has 0 aliphatic rings. The largest absolute Gasteiger partial charge is 0.493 e. The van der Waals surface area contributed by atoms with Crippen LogP contribution < -0.4 is 19.6 Å². The van der Waals surface area contributed by atoms with E-state index in [-0.39, 0.29) is 12.5 Å². The summed E-state index contributed by atoms with van der Waals surface area (Å²) in [7, 11) is 1.52. The molecule has 0 radical (unpaired) electrons. The van der Waals surface area contributed by atoms with Crippen LogP contribution in [0.3, 0.4) is 0 Å². The average Bonchev–Trinajstić information content (AvgIpc) is 2.67. The molecule has 7 heteroatoms. The lowest BCUT2D eigenvalue weighted by molar-refractivity contribution is 0.0954. The van der Waals surface area contributed by atoms with Gasteiger partial charge in [-0.3, -0.25) is 4.79 Å². The first-order chi connectivity index (χ1) is 13.1. The van der Waals surface area contributed by atoms with Crippen LogP contribution in [0.4, 0.5) is 0 Å². The van der Waals surface area contributed by atoms with Crippen LogP contribution in [0.5, 0.6) is 17.2 Å². The Morgan fingerprint density at radius 2 is 2.00 bits per heavy atom. The molecule has 1 amide bonds. The summed E-state index contributed by atoms with van der Waals surface area (Å²) in [6.07, 6.45) is 6.70. The Labute approximate surface area is 166 Å². The summed E-state index contributed by atoms with van der Waals surface area (Å²) in [5.74, 6) is 3.75. The minimum atomic E-state index is -0.361. The number of hydrogen-bond acceptors (Lipinski definition) is 5. The van der Waals surface area contributed by atoms with Crippen molar-refractivity contribution in [3.63, 3.8) is 0 Å². The van der Waals surface area contributed by atoms with Gasteiger partial charge in [0.05, 0.1) is 24.4 Å². The summed E-state index contributed by atoms with van der Waals surface area (Å²) in [6, 6.07) is 10.3. The van der Waals surface area contributed by atoms with Gasteiger partial charge in [-0.05, 0) is 64.8 Å². The van der Waals surface area contributed by atoms with Crippen molar-refractivity contribution in [2.24, 2.45) is 5.10 Å². The first-order valence-electron chi connectivity index (χ1n) is 8.09. The van der Waals surface area contributed by atoms with Gasteiger partial charge in [0, 0.05) is 5.56 Å². The van der Waals surface area contributed by atoms with Gasteiger partial charge in [0.2, 0.25) is 0 Å². The topological polar surface area (TPSA) is 69.2 Å². The summed E-state index contributed by atoms with van der Waals surface area (Å²) in [5.41, 5.74) is 3.67. The van der Waals surface area contributed by atoms with Crippen molar-refractivity contribution in [3.8, 4) is 29.6 Å². The molecule has 0 saturated carbocycles. The van der Waals surface area contributed by atoms with Crippen molar-refractivity contribution in [2.75, 3.05) is 20.3 Å². The number of nitrogens with one attached hydrogen (secondary N) is 1. The quantitative estimate of drug-likeness (QED) is 0.394. The molecular weight excluding hydrogens is 412 g/mol. The van der Waals surface area contributed by atoms with Crippen LogP contribution in [-0.2, 0) is 0 Å². The lowest BCUT2D eigenvalue weighted by Gasteiger charge is -2.10. The monoisotopic (exact) mass is 430 g/mol. The fourth-order valence-electron chi connectivity index (χ4n) is 2.15. The third kappa shape index (κ3) is 5.76. The average molecular weight is 431 g/mol. The van der Waals surface area contributed by atoms with Crippen molar-refractivity contribution < 1.29 is 19.0 Å². The zero-order valence-corrected chi connectivity index (χ0v) is 16.6. The zero-order valence-electron chi connectivity index (χ0n) is 15.0. The number of carbonyl (C=O) groups is 1. The van der Waals surface area contributed by atoms with Gasteiger partial charge in [-0.1, -0.05) is 5.92 Å². The van der Waals surface area contributed by atoms with E-state index in [0.717, 1.165) is 10.0 Å². The molecule has 0 heterocycles. The Kier molecular flexibility index (Phi) is 7.71. The van der Waals surface area contributed by atoms with Gasteiger partial charge in [-0.2, -0.15) is 5.10 Å². The lowest BCUT2D eigenvalue weighted by Crippen LogP contribution is -2.17. The highest BCUT2D eigenvalue weighted by molar-refractivity contribution is 9.10. The number of hydrazone groups is 1. The van der Waals surface area contributed by atoms with Gasteiger partial charge in [0.1, 0.15) is 12.4 Å². The van der Waals surface area contributed by atoms with Crippen molar-refractivity contribution in [1.82, 2.24) is 5.43 Å². The molecular formula is C20H19BrN2O4. The lowest BCUT2D eigenvalue weighted by atomic mass is 10.2. The van der Waals surface area contributed by atoms with Crippen LogP contribution in [0.1, 0.15) is 22.8 Å². The van der Waals surface area contributed by atoms with Gasteiger partial charge in [0.15, 0.2) is 11.5 Å². The maximum atomic E-state index is 12.2. The minimum Gasteiger partial charge on any atom is -0.493 e. The summed E-state index contributed by atoms with van der Waals surface area (Å²) < 4.78 is 16.8. The molecule has 0 aliphatic heterocycles. The second-order valence-corrected chi connectivity index (χ2v) is 6.03. The molecule has 0 spiro atoms. The van der Waals surface area contributed by atoms with Crippen molar-refractivity contribution >= 4 is 28.1 Å². The predicted octanol–water partition coefficient (Wildman–Crippen LogP) is 3.63. The minimum absolute atomic E-state index is 0.188. The molecule has 0 bridgehead atoms. The molecule has 0 unspecified atom stereocenters. The normalized spacial score (nSPS) is 10.3. The molecule has 2 aromatic rings. The van der Waals surface area contributed by atoms with Crippen LogP contribution in [0.15, 0.2) is 46.0 Å². The predicted molar refractivity (Wildman–Crippen MR) is 108 cm³/mol. The maximum absolute atomic E-state index is 12.2. The number of ether oxygens (including phenoxy) is 3. The smallest absolute Gasteiger partial charge is 0.271 e. The molecule has 6 nitrogen and oxygen atoms in total. The van der Waals surface area contributed by atoms with Crippen molar-refractivity contribution in [1.29, 1.82) is 0 Å². The Morgan fingerprint density at radius 1 is 1.22 bits per heavy atom. The number of nitrogens with zero attached hydrogens (tertiary/aromatic N) is 1. The third-order valence-electron chi connectivity index (χ3n) is 3.37. The highest BCUT2D eigenvalue weighted by Crippen LogP contribution is 2.28. The number of methoxy groups -OCH3 is 1. The van der Waals surface area contributed by atoms with E-state index < -0.39 is 0 Å². The highest BCUT2D eigenvalue weighted by Gasteiger charge is 2.10. The summed E-state index contributed by atoms with van der Waals surface area (Å²) in [6.45, 7) is 2.57. The van der Waals surface area contributed by atoms with Crippen LogP contribution in [0, 0.1) is 12.3 Å². The van der Waals surface area contributed by atoms with Crippen molar-refractivity contribution in [3.05, 3.63) is 52.0 Å². The Morgan fingerprint density at radius 3 is 2.67 bits per heavy atom. The molecule has 27 heavy (non-hydrogen) atoms. The van der Waals surface area contributed by atoms with E-state index in [9.17, 15) is 4.79 Å². The van der Waals surface area contributed by atoms with E-state index in [1.807, 2.05) is 6.92 Å². The maximum Gasteiger partial charge on any atom is 0.271 e. The number of halogens is 1. The first-order valence-corrected chi connectivity index (χ1v) is 8.88. The third-order valence-corrected chi connectivity index (χ3v) is 3.99. The van der Waals surface area contributed by atoms with Crippen LogP contribution in [0.2, 0.25) is 0 Å². The SMILES string of the molecule is C#CCOc1ccc(/C=N/NC(=O)c2ccc(OCC)c(OC)c2)cc1Br. The standard InChI is InChI=1S/C20H19BrN2O4/c1-4-10-27-17-8-6-14(11-16(17)21)13-22-23-20(24)15-7-9-18(26-5-2)19(12-15)25-3/h1,6-9,11-13H,5,10H2,2-3H3,(H,23,24)/b22-13+. The first kappa shape index (κ1) is 20.3. The van der Waals surface area contributed by atoms with Gasteiger partial charge in [-0.15, -0.1) is 6.42 Å². The number of hydrogen-bond donors (Lipinski definition) is 1. The fourth-order valence-corrected chi connectivity index (χ4v) is 2.66. The number of amides is 1. The molecule has 0 fully saturated rings. The van der Waals surface area contributed by atoms with E-state index in [1.165, 1.54) is 13.3 Å². The molecule has 0 aliphatic carbocycles. The highest BCUT2D eigenvalue weighted by atomic mass is 79.9. The zero-order chi connectivity index (χ0) is 19.6. The van der Waals surface area contributed by atoms with Gasteiger partial charge in [-0.25, -0.2) is 5.43 Å². The molecule has 2 aromatic carbocycles. The molecule has 140 valence electrons. The molecule has 1 N–H and O–H groups in total. The summed E-state index contributed by atoms with van der Waals surface area (Å²) >= 11 is 3.40. The van der Waals surface area contributed by atoms with E-state index >= 15 is 0 Å².